The Morgan fingerprint density at radius 3 is 2.43 bits per heavy atom. The molecule has 4 rings (SSSR count). The molecule has 30 heavy (non-hydrogen) atoms. The monoisotopic (exact) mass is 398 g/mol. The second kappa shape index (κ2) is 8.82. The molecule has 0 aliphatic rings. The Labute approximate surface area is 176 Å². The van der Waals surface area contributed by atoms with Gasteiger partial charge in [-0.05, 0) is 43.2 Å². The third kappa shape index (κ3) is 4.35. The van der Waals surface area contributed by atoms with Crippen LogP contribution in [0.2, 0.25) is 0 Å². The summed E-state index contributed by atoms with van der Waals surface area (Å²) < 4.78 is 2.16. The number of hydrogen-bond acceptors (Lipinski definition) is 2. The third-order valence-corrected chi connectivity index (χ3v) is 5.21. The number of hydrogen-bond donors (Lipinski definition) is 2. The van der Waals surface area contributed by atoms with Gasteiger partial charge in [0, 0.05) is 24.3 Å². The molecule has 5 heteroatoms. The quantitative estimate of drug-likeness (QED) is 0.457. The molecule has 1 aromatic heterocycles. The van der Waals surface area contributed by atoms with Crippen LogP contribution in [0.4, 0.5) is 10.5 Å². The van der Waals surface area contributed by atoms with Crippen LogP contribution in [0.1, 0.15) is 18.1 Å². The molecule has 0 atom stereocenters. The molecule has 4 aromatic rings. The Morgan fingerprint density at radius 1 is 0.967 bits per heavy atom. The highest BCUT2D eigenvalue weighted by Crippen LogP contribution is 2.25. The van der Waals surface area contributed by atoms with E-state index < -0.39 is 0 Å². The van der Waals surface area contributed by atoms with Crippen LogP contribution in [-0.2, 0) is 13.0 Å². The van der Waals surface area contributed by atoms with Crippen molar-refractivity contribution in [2.24, 2.45) is 0 Å². The van der Waals surface area contributed by atoms with Gasteiger partial charge in [-0.25, -0.2) is 9.78 Å². The number of amides is 2. The number of nitrogens with one attached hydrogen (secondary N) is 2. The average Bonchev–Trinajstić information content (AvgIpc) is 3.13. The van der Waals surface area contributed by atoms with Gasteiger partial charge in [-0.1, -0.05) is 61.0 Å². The summed E-state index contributed by atoms with van der Waals surface area (Å²) in [5, 5.41) is 5.84. The number of carbonyl (C=O) groups excluding carboxylic acids is 1. The Balaban J connectivity index is 1.47. The van der Waals surface area contributed by atoms with Crippen molar-refractivity contribution >= 4 is 22.8 Å². The van der Waals surface area contributed by atoms with Crippen LogP contribution in [0.5, 0.6) is 0 Å². The lowest BCUT2D eigenvalue weighted by molar-refractivity contribution is 0.251. The Kier molecular flexibility index (Phi) is 5.80. The second-order valence-electron chi connectivity index (χ2n) is 7.37. The molecular weight excluding hydrogens is 372 g/mol. The summed E-state index contributed by atoms with van der Waals surface area (Å²) in [5.74, 6) is 0.911. The fourth-order valence-electron chi connectivity index (χ4n) is 3.51. The van der Waals surface area contributed by atoms with Crippen LogP contribution in [0.25, 0.3) is 22.4 Å². The average molecular weight is 399 g/mol. The predicted molar refractivity (Wildman–Crippen MR) is 123 cm³/mol. The molecule has 0 spiro atoms. The topological polar surface area (TPSA) is 59.0 Å². The molecule has 5 nitrogen and oxygen atoms in total. The molecule has 1 heterocycles. The highest BCUT2D eigenvalue weighted by molar-refractivity contribution is 5.89. The van der Waals surface area contributed by atoms with Gasteiger partial charge in [-0.3, -0.25) is 0 Å². The zero-order valence-corrected chi connectivity index (χ0v) is 17.4. The number of urea groups is 1. The van der Waals surface area contributed by atoms with E-state index in [1.807, 2.05) is 42.5 Å². The summed E-state index contributed by atoms with van der Waals surface area (Å²) in [4.78, 5) is 17.1. The van der Waals surface area contributed by atoms with Gasteiger partial charge in [0.2, 0.25) is 0 Å². The minimum atomic E-state index is -0.208. The number of para-hydroxylation sites is 2. The van der Waals surface area contributed by atoms with E-state index in [-0.39, 0.29) is 6.03 Å². The van der Waals surface area contributed by atoms with E-state index in [1.165, 1.54) is 11.1 Å². The molecule has 0 unspecified atom stereocenters. The van der Waals surface area contributed by atoms with Crippen LogP contribution in [0.15, 0.2) is 72.8 Å². The number of aromatic nitrogens is 2. The maximum absolute atomic E-state index is 12.3. The van der Waals surface area contributed by atoms with Gasteiger partial charge in [0.25, 0.3) is 0 Å². The summed E-state index contributed by atoms with van der Waals surface area (Å²) in [5.41, 5.74) is 6.33. The summed E-state index contributed by atoms with van der Waals surface area (Å²) in [6.07, 6.45) is 0.981. The Bertz CT molecular complexity index is 1140. The van der Waals surface area contributed by atoms with Crippen molar-refractivity contribution in [2.75, 3.05) is 11.9 Å². The maximum atomic E-state index is 12.3. The van der Waals surface area contributed by atoms with Gasteiger partial charge in [-0.2, -0.15) is 0 Å². The summed E-state index contributed by atoms with van der Waals surface area (Å²) >= 11 is 0. The Morgan fingerprint density at radius 2 is 1.70 bits per heavy atom. The normalized spacial score (nSPS) is 10.9. The molecule has 152 valence electrons. The maximum Gasteiger partial charge on any atom is 0.319 e. The van der Waals surface area contributed by atoms with Gasteiger partial charge >= 0.3 is 6.03 Å². The van der Waals surface area contributed by atoms with Crippen molar-refractivity contribution < 1.29 is 4.79 Å². The molecule has 0 saturated carbocycles. The van der Waals surface area contributed by atoms with Gasteiger partial charge < -0.3 is 15.2 Å². The molecule has 3 aromatic carbocycles. The van der Waals surface area contributed by atoms with Crippen molar-refractivity contribution in [2.45, 2.75) is 26.8 Å². The van der Waals surface area contributed by atoms with Crippen molar-refractivity contribution in [1.29, 1.82) is 0 Å². The zero-order chi connectivity index (χ0) is 20.9. The SMILES string of the molecule is CCc1ccc(NC(=O)NCCn2c(-c3ccc(C)cc3)nc3ccccc32)cc1. The van der Waals surface area contributed by atoms with Gasteiger partial charge in [0.05, 0.1) is 11.0 Å². The van der Waals surface area contributed by atoms with Crippen LogP contribution in [0, 0.1) is 6.92 Å². The van der Waals surface area contributed by atoms with E-state index in [4.69, 9.17) is 4.98 Å². The molecule has 0 aliphatic carbocycles. The predicted octanol–water partition coefficient (Wildman–Crippen LogP) is 5.40. The molecule has 2 N–H and O–H groups in total. The van der Waals surface area contributed by atoms with Crippen molar-refractivity contribution in [3.05, 3.63) is 83.9 Å². The molecule has 2 amide bonds. The summed E-state index contributed by atoms with van der Waals surface area (Å²) in [6, 6.07) is 24.2. The van der Waals surface area contributed by atoms with Gasteiger partial charge in [0.1, 0.15) is 5.82 Å². The lowest BCUT2D eigenvalue weighted by Crippen LogP contribution is -2.31. The van der Waals surface area contributed by atoms with Crippen LogP contribution >= 0.6 is 0 Å². The highest BCUT2D eigenvalue weighted by atomic mass is 16.2. The van der Waals surface area contributed by atoms with E-state index in [9.17, 15) is 4.79 Å². The Hall–Kier alpha value is -3.60. The van der Waals surface area contributed by atoms with Crippen molar-refractivity contribution in [1.82, 2.24) is 14.9 Å². The lowest BCUT2D eigenvalue weighted by atomic mass is 10.1. The van der Waals surface area contributed by atoms with E-state index in [1.54, 1.807) is 0 Å². The van der Waals surface area contributed by atoms with Crippen LogP contribution in [-0.4, -0.2) is 22.1 Å². The van der Waals surface area contributed by atoms with Crippen molar-refractivity contribution in [3.63, 3.8) is 0 Å². The van der Waals surface area contributed by atoms with Gasteiger partial charge in [0.15, 0.2) is 0 Å². The number of anilines is 1. The van der Waals surface area contributed by atoms with E-state index in [2.05, 4.69) is 59.4 Å². The minimum Gasteiger partial charge on any atom is -0.336 e. The van der Waals surface area contributed by atoms with E-state index in [0.717, 1.165) is 34.5 Å². The molecule has 0 bridgehead atoms. The molecule has 0 saturated heterocycles. The van der Waals surface area contributed by atoms with Crippen molar-refractivity contribution in [3.8, 4) is 11.4 Å². The first-order chi connectivity index (χ1) is 14.6. The fourth-order valence-corrected chi connectivity index (χ4v) is 3.51. The first-order valence-corrected chi connectivity index (χ1v) is 10.3. The number of benzene rings is 3. The third-order valence-electron chi connectivity index (χ3n) is 5.21. The standard InChI is InChI=1S/C25H26N4O/c1-3-19-10-14-21(15-11-19)27-25(30)26-16-17-29-23-7-5-4-6-22(23)28-24(29)20-12-8-18(2)9-13-20/h4-15H,3,16-17H2,1-2H3,(H2,26,27,30). The molecule has 0 aliphatic heterocycles. The zero-order valence-electron chi connectivity index (χ0n) is 17.4. The molecular formula is C25H26N4O. The first-order valence-electron chi connectivity index (χ1n) is 10.3. The minimum absolute atomic E-state index is 0.208. The number of imidazole rings is 1. The highest BCUT2D eigenvalue weighted by Gasteiger charge is 2.12. The fraction of sp³-hybridized carbons (Fsp3) is 0.200. The largest absolute Gasteiger partial charge is 0.336 e. The van der Waals surface area contributed by atoms with E-state index >= 15 is 0 Å². The summed E-state index contributed by atoms with van der Waals surface area (Å²) in [6.45, 7) is 5.31. The lowest BCUT2D eigenvalue weighted by Gasteiger charge is -2.12. The number of nitrogens with zero attached hydrogens (tertiary/aromatic N) is 2. The second-order valence-corrected chi connectivity index (χ2v) is 7.37. The van der Waals surface area contributed by atoms with Crippen LogP contribution < -0.4 is 10.6 Å². The number of rotatable bonds is 6. The van der Waals surface area contributed by atoms with E-state index in [0.29, 0.717) is 13.1 Å². The summed E-state index contributed by atoms with van der Waals surface area (Å²) in [7, 11) is 0. The van der Waals surface area contributed by atoms with Crippen LogP contribution in [0.3, 0.4) is 0 Å². The van der Waals surface area contributed by atoms with Gasteiger partial charge in [-0.15, -0.1) is 0 Å². The first kappa shape index (κ1) is 19.7. The number of carbonyl (C=O) groups is 1. The molecule has 0 radical (unpaired) electrons. The molecule has 0 fully saturated rings. The number of fused-ring (bicyclic) bond motifs is 1. The smallest absolute Gasteiger partial charge is 0.319 e. The number of aryl methyl sites for hydroxylation is 2.